The fourth-order valence-electron chi connectivity index (χ4n) is 2.47. The van der Waals surface area contributed by atoms with Crippen LogP contribution in [-0.4, -0.2) is 11.7 Å². The third-order valence-corrected chi connectivity index (χ3v) is 3.65. The molecule has 100 valence electrons. The SMILES string of the molecule is CCc1ccc(CN2C(=O)C(=O)c3ccccc32)cc1. The van der Waals surface area contributed by atoms with Crippen molar-refractivity contribution in [1.82, 2.24) is 0 Å². The quantitative estimate of drug-likeness (QED) is 0.800. The van der Waals surface area contributed by atoms with E-state index in [1.54, 1.807) is 17.0 Å². The summed E-state index contributed by atoms with van der Waals surface area (Å²) < 4.78 is 0. The summed E-state index contributed by atoms with van der Waals surface area (Å²) in [6.07, 6.45) is 0.990. The lowest BCUT2D eigenvalue weighted by Gasteiger charge is -2.16. The third-order valence-electron chi connectivity index (χ3n) is 3.65. The highest BCUT2D eigenvalue weighted by atomic mass is 16.2. The zero-order valence-corrected chi connectivity index (χ0v) is 11.3. The van der Waals surface area contributed by atoms with Crippen LogP contribution in [0, 0.1) is 0 Å². The van der Waals surface area contributed by atoms with Crippen molar-refractivity contribution < 1.29 is 9.59 Å². The van der Waals surface area contributed by atoms with Crippen molar-refractivity contribution in [3.63, 3.8) is 0 Å². The number of para-hydroxylation sites is 1. The average Bonchev–Trinajstić information content (AvgIpc) is 2.74. The van der Waals surface area contributed by atoms with Gasteiger partial charge in [-0.2, -0.15) is 0 Å². The van der Waals surface area contributed by atoms with Gasteiger partial charge in [0.2, 0.25) is 0 Å². The summed E-state index contributed by atoms with van der Waals surface area (Å²) >= 11 is 0. The van der Waals surface area contributed by atoms with Crippen LogP contribution in [0.25, 0.3) is 0 Å². The monoisotopic (exact) mass is 265 g/mol. The molecule has 0 spiro atoms. The predicted octanol–water partition coefficient (Wildman–Crippen LogP) is 2.98. The predicted molar refractivity (Wildman–Crippen MR) is 77.8 cm³/mol. The van der Waals surface area contributed by atoms with E-state index in [4.69, 9.17) is 0 Å². The molecule has 0 radical (unpaired) electrons. The highest BCUT2D eigenvalue weighted by Gasteiger charge is 2.35. The van der Waals surface area contributed by atoms with Crippen molar-refractivity contribution in [2.24, 2.45) is 0 Å². The average molecular weight is 265 g/mol. The van der Waals surface area contributed by atoms with Crippen molar-refractivity contribution in [2.45, 2.75) is 19.9 Å². The second-order valence-electron chi connectivity index (χ2n) is 4.91. The number of fused-ring (bicyclic) bond motifs is 1. The van der Waals surface area contributed by atoms with Crippen LogP contribution >= 0.6 is 0 Å². The summed E-state index contributed by atoms with van der Waals surface area (Å²) in [4.78, 5) is 25.5. The number of aryl methyl sites for hydroxylation is 1. The Balaban J connectivity index is 1.90. The summed E-state index contributed by atoms with van der Waals surface area (Å²) in [7, 11) is 0. The second-order valence-corrected chi connectivity index (χ2v) is 4.91. The highest BCUT2D eigenvalue weighted by Crippen LogP contribution is 2.29. The maximum atomic E-state index is 12.1. The molecule has 1 heterocycles. The van der Waals surface area contributed by atoms with Crippen molar-refractivity contribution in [3.8, 4) is 0 Å². The Kier molecular flexibility index (Phi) is 3.11. The van der Waals surface area contributed by atoms with Gasteiger partial charge in [0.05, 0.1) is 17.8 Å². The van der Waals surface area contributed by atoms with Gasteiger partial charge in [-0.1, -0.05) is 43.3 Å². The van der Waals surface area contributed by atoms with Crippen LogP contribution in [0.4, 0.5) is 5.69 Å². The molecule has 0 fully saturated rings. The summed E-state index contributed by atoms with van der Waals surface area (Å²) in [5.74, 6) is -0.850. The van der Waals surface area contributed by atoms with E-state index in [1.807, 2.05) is 24.3 Å². The van der Waals surface area contributed by atoms with Gasteiger partial charge in [-0.05, 0) is 29.7 Å². The molecule has 20 heavy (non-hydrogen) atoms. The molecule has 0 N–H and O–H groups in total. The Hall–Kier alpha value is -2.42. The number of carbonyl (C=O) groups is 2. The van der Waals surface area contributed by atoms with Gasteiger partial charge in [-0.15, -0.1) is 0 Å². The lowest BCUT2D eigenvalue weighted by atomic mass is 10.1. The molecule has 0 unspecified atom stereocenters. The minimum absolute atomic E-state index is 0.411. The number of Topliss-reactive ketones (excluding diaryl/α,β-unsaturated/α-hetero) is 1. The van der Waals surface area contributed by atoms with E-state index in [0.29, 0.717) is 17.8 Å². The molecule has 0 aromatic heterocycles. The van der Waals surface area contributed by atoms with Gasteiger partial charge in [-0.25, -0.2) is 0 Å². The second kappa shape index (κ2) is 4.93. The smallest absolute Gasteiger partial charge is 0.299 e. The molecule has 1 aliphatic heterocycles. The van der Waals surface area contributed by atoms with E-state index in [9.17, 15) is 9.59 Å². The summed E-state index contributed by atoms with van der Waals surface area (Å²) in [6.45, 7) is 2.54. The number of rotatable bonds is 3. The molecule has 0 saturated carbocycles. The maximum absolute atomic E-state index is 12.1. The third kappa shape index (κ3) is 2.01. The first-order valence-corrected chi connectivity index (χ1v) is 6.73. The van der Waals surface area contributed by atoms with E-state index < -0.39 is 11.7 Å². The van der Waals surface area contributed by atoms with Crippen molar-refractivity contribution in [1.29, 1.82) is 0 Å². The molecule has 0 atom stereocenters. The zero-order valence-electron chi connectivity index (χ0n) is 11.3. The number of hydrogen-bond donors (Lipinski definition) is 0. The Morgan fingerprint density at radius 2 is 1.55 bits per heavy atom. The Labute approximate surface area is 117 Å². The minimum atomic E-state index is -0.439. The van der Waals surface area contributed by atoms with Crippen LogP contribution in [-0.2, 0) is 17.8 Å². The van der Waals surface area contributed by atoms with Crippen molar-refractivity contribution in [3.05, 3.63) is 65.2 Å². The maximum Gasteiger partial charge on any atom is 0.299 e. The number of ketones is 1. The molecule has 3 heteroatoms. The number of benzene rings is 2. The van der Waals surface area contributed by atoms with Crippen LogP contribution in [0.5, 0.6) is 0 Å². The fourth-order valence-corrected chi connectivity index (χ4v) is 2.47. The molecule has 3 rings (SSSR count). The van der Waals surface area contributed by atoms with E-state index >= 15 is 0 Å². The van der Waals surface area contributed by atoms with E-state index in [1.165, 1.54) is 5.56 Å². The lowest BCUT2D eigenvalue weighted by molar-refractivity contribution is -0.114. The highest BCUT2D eigenvalue weighted by molar-refractivity contribution is 6.52. The molecule has 3 nitrogen and oxygen atoms in total. The lowest BCUT2D eigenvalue weighted by Crippen LogP contribution is -2.29. The molecular formula is C17H15NO2. The first-order valence-electron chi connectivity index (χ1n) is 6.73. The van der Waals surface area contributed by atoms with Crippen molar-refractivity contribution >= 4 is 17.4 Å². The van der Waals surface area contributed by atoms with Crippen LogP contribution < -0.4 is 4.90 Å². The van der Waals surface area contributed by atoms with Gasteiger partial charge in [0.15, 0.2) is 0 Å². The molecule has 2 aromatic carbocycles. The number of anilines is 1. The Morgan fingerprint density at radius 3 is 2.25 bits per heavy atom. The van der Waals surface area contributed by atoms with Crippen molar-refractivity contribution in [2.75, 3.05) is 4.90 Å². The van der Waals surface area contributed by atoms with Gasteiger partial charge in [0.1, 0.15) is 0 Å². The van der Waals surface area contributed by atoms with Gasteiger partial charge in [0.25, 0.3) is 11.7 Å². The molecule has 1 aliphatic rings. The van der Waals surface area contributed by atoms with Gasteiger partial charge >= 0.3 is 0 Å². The minimum Gasteiger partial charge on any atom is -0.300 e. The van der Waals surface area contributed by atoms with E-state index in [2.05, 4.69) is 19.1 Å². The van der Waals surface area contributed by atoms with Crippen LogP contribution in [0.15, 0.2) is 48.5 Å². The van der Waals surface area contributed by atoms with Gasteiger partial charge in [-0.3, -0.25) is 9.59 Å². The molecule has 1 amide bonds. The normalized spacial score (nSPS) is 13.8. The fraction of sp³-hybridized carbons (Fsp3) is 0.176. The largest absolute Gasteiger partial charge is 0.300 e. The standard InChI is InChI=1S/C17H15NO2/c1-2-12-7-9-13(10-8-12)11-18-15-6-4-3-5-14(15)16(19)17(18)20/h3-10H,2,11H2,1H3. The summed E-state index contributed by atoms with van der Waals surface area (Å²) in [5.41, 5.74) is 3.50. The van der Waals surface area contributed by atoms with Crippen LogP contribution in [0.1, 0.15) is 28.4 Å². The first kappa shape index (κ1) is 12.6. The van der Waals surface area contributed by atoms with E-state index in [-0.39, 0.29) is 0 Å². The number of carbonyl (C=O) groups excluding carboxylic acids is 2. The molecular weight excluding hydrogens is 250 g/mol. The number of hydrogen-bond acceptors (Lipinski definition) is 2. The number of amides is 1. The van der Waals surface area contributed by atoms with E-state index in [0.717, 1.165) is 12.0 Å². The molecule has 0 aliphatic carbocycles. The molecule has 2 aromatic rings. The molecule has 0 saturated heterocycles. The summed E-state index contributed by atoms with van der Waals surface area (Å²) in [6, 6.07) is 15.3. The van der Waals surface area contributed by atoms with Gasteiger partial charge in [0, 0.05) is 0 Å². The van der Waals surface area contributed by atoms with Crippen LogP contribution in [0.2, 0.25) is 0 Å². The summed E-state index contributed by atoms with van der Waals surface area (Å²) in [5, 5.41) is 0. The topological polar surface area (TPSA) is 37.4 Å². The van der Waals surface area contributed by atoms with Gasteiger partial charge < -0.3 is 4.90 Å². The zero-order chi connectivity index (χ0) is 14.1. The molecule has 0 bridgehead atoms. The van der Waals surface area contributed by atoms with Crippen LogP contribution in [0.3, 0.4) is 0 Å². The Bertz CT molecular complexity index is 674. The first-order chi connectivity index (χ1) is 9.70. The Morgan fingerprint density at radius 1 is 0.900 bits per heavy atom. The number of nitrogens with zero attached hydrogens (tertiary/aromatic N) is 1.